The van der Waals surface area contributed by atoms with Crippen LogP contribution in [-0.4, -0.2) is 18.0 Å². The molecule has 0 aliphatic carbocycles. The Balaban J connectivity index is 2.29. The van der Waals surface area contributed by atoms with Crippen molar-refractivity contribution in [2.75, 3.05) is 12.4 Å². The summed E-state index contributed by atoms with van der Waals surface area (Å²) in [5, 5.41) is 2.62. The zero-order valence-electron chi connectivity index (χ0n) is 10.6. The molecule has 0 spiro atoms. The second kappa shape index (κ2) is 5.48. The lowest BCUT2D eigenvalue weighted by molar-refractivity contribution is 0.102. The van der Waals surface area contributed by atoms with Crippen molar-refractivity contribution in [2.45, 2.75) is 6.92 Å². The Hall–Kier alpha value is -2.43. The fourth-order valence-corrected chi connectivity index (χ4v) is 1.66. The molecule has 2 rings (SSSR count). The number of benzene rings is 1. The minimum atomic E-state index is -0.799. The van der Waals surface area contributed by atoms with E-state index in [-0.39, 0.29) is 5.56 Å². The van der Waals surface area contributed by atoms with Gasteiger partial charge in [0.25, 0.3) is 5.91 Å². The largest absolute Gasteiger partial charge is 0.495 e. The van der Waals surface area contributed by atoms with Crippen molar-refractivity contribution in [2.24, 2.45) is 0 Å². The Labute approximate surface area is 110 Å². The molecule has 0 aliphatic rings. The van der Waals surface area contributed by atoms with Crippen LogP contribution in [0.1, 0.15) is 15.9 Å². The maximum atomic E-state index is 13.4. The van der Waals surface area contributed by atoms with Gasteiger partial charge < -0.3 is 10.1 Å². The van der Waals surface area contributed by atoms with Gasteiger partial charge in [-0.25, -0.2) is 4.98 Å². The number of nitrogens with zero attached hydrogens (tertiary/aromatic N) is 1. The van der Waals surface area contributed by atoms with Crippen molar-refractivity contribution in [1.29, 1.82) is 0 Å². The van der Waals surface area contributed by atoms with Crippen LogP contribution in [0.2, 0.25) is 0 Å². The molecule has 2 aromatic rings. The van der Waals surface area contributed by atoms with Crippen molar-refractivity contribution < 1.29 is 13.9 Å². The van der Waals surface area contributed by atoms with Crippen LogP contribution in [0, 0.1) is 12.9 Å². The third-order valence-electron chi connectivity index (χ3n) is 2.61. The predicted octanol–water partition coefficient (Wildman–Crippen LogP) is 2.79. The van der Waals surface area contributed by atoms with Gasteiger partial charge in [0, 0.05) is 6.20 Å². The molecule has 1 aromatic heterocycles. The Bertz CT molecular complexity index is 614. The van der Waals surface area contributed by atoms with Crippen molar-refractivity contribution in [3.63, 3.8) is 0 Å². The number of carbonyl (C=O) groups is 1. The molecule has 0 fully saturated rings. The lowest BCUT2D eigenvalue weighted by Crippen LogP contribution is -2.15. The second-order valence-electron chi connectivity index (χ2n) is 4.00. The maximum absolute atomic E-state index is 13.4. The summed E-state index contributed by atoms with van der Waals surface area (Å²) in [6.45, 7) is 1.89. The number of carbonyl (C=O) groups excluding carboxylic acids is 1. The SMILES string of the molecule is COc1ccc(C)cc1NC(=O)c1cccnc1F. The van der Waals surface area contributed by atoms with Crippen LogP contribution in [0.25, 0.3) is 0 Å². The Morgan fingerprint density at radius 3 is 2.84 bits per heavy atom. The maximum Gasteiger partial charge on any atom is 0.260 e. The lowest BCUT2D eigenvalue weighted by atomic mass is 10.2. The van der Waals surface area contributed by atoms with E-state index in [1.165, 1.54) is 25.4 Å². The first-order valence-corrected chi connectivity index (χ1v) is 5.68. The highest BCUT2D eigenvalue weighted by atomic mass is 19.1. The molecular formula is C14H13FN2O2. The molecule has 0 saturated carbocycles. The summed E-state index contributed by atoms with van der Waals surface area (Å²) in [7, 11) is 1.50. The van der Waals surface area contributed by atoms with Crippen LogP contribution >= 0.6 is 0 Å². The summed E-state index contributed by atoms with van der Waals surface area (Å²) in [6, 6.07) is 8.24. The van der Waals surface area contributed by atoms with Gasteiger partial charge >= 0.3 is 0 Å². The number of aromatic nitrogens is 1. The summed E-state index contributed by atoms with van der Waals surface area (Å²) in [5.74, 6) is -0.843. The fraction of sp³-hybridized carbons (Fsp3) is 0.143. The number of aryl methyl sites for hydroxylation is 1. The number of ether oxygens (including phenoxy) is 1. The molecule has 5 heteroatoms. The smallest absolute Gasteiger partial charge is 0.260 e. The van der Waals surface area contributed by atoms with Crippen LogP contribution in [-0.2, 0) is 0 Å². The van der Waals surface area contributed by atoms with E-state index in [2.05, 4.69) is 10.3 Å². The van der Waals surface area contributed by atoms with Crippen LogP contribution in [0.4, 0.5) is 10.1 Å². The minimum Gasteiger partial charge on any atom is -0.495 e. The Morgan fingerprint density at radius 1 is 1.37 bits per heavy atom. The zero-order chi connectivity index (χ0) is 13.8. The molecule has 0 radical (unpaired) electrons. The first-order valence-electron chi connectivity index (χ1n) is 5.68. The van der Waals surface area contributed by atoms with Gasteiger partial charge in [-0.3, -0.25) is 4.79 Å². The molecule has 1 N–H and O–H groups in total. The van der Waals surface area contributed by atoms with E-state index in [9.17, 15) is 9.18 Å². The molecule has 0 saturated heterocycles. The highest BCUT2D eigenvalue weighted by Crippen LogP contribution is 2.25. The average molecular weight is 260 g/mol. The van der Waals surface area contributed by atoms with Crippen molar-refractivity contribution >= 4 is 11.6 Å². The quantitative estimate of drug-likeness (QED) is 0.863. The van der Waals surface area contributed by atoms with Crippen molar-refractivity contribution in [3.8, 4) is 5.75 Å². The first kappa shape index (κ1) is 13.0. The molecular weight excluding hydrogens is 247 g/mol. The van der Waals surface area contributed by atoms with E-state index < -0.39 is 11.9 Å². The van der Waals surface area contributed by atoms with Gasteiger partial charge in [-0.1, -0.05) is 6.07 Å². The first-order chi connectivity index (χ1) is 9.11. The molecule has 0 aliphatic heterocycles. The summed E-state index contributed by atoms with van der Waals surface area (Å²) >= 11 is 0. The summed E-state index contributed by atoms with van der Waals surface area (Å²) in [5.41, 5.74) is 1.35. The summed E-state index contributed by atoms with van der Waals surface area (Å²) in [6.07, 6.45) is 1.29. The Morgan fingerprint density at radius 2 is 2.16 bits per heavy atom. The number of amides is 1. The van der Waals surface area contributed by atoms with Crippen LogP contribution < -0.4 is 10.1 Å². The summed E-state index contributed by atoms with van der Waals surface area (Å²) in [4.78, 5) is 15.4. The van der Waals surface area contributed by atoms with Gasteiger partial charge in [0.2, 0.25) is 5.95 Å². The average Bonchev–Trinajstić information content (AvgIpc) is 2.39. The van der Waals surface area contributed by atoms with Gasteiger partial charge in [-0.15, -0.1) is 0 Å². The molecule has 1 aromatic carbocycles. The second-order valence-corrected chi connectivity index (χ2v) is 4.00. The molecule has 1 amide bonds. The van der Waals surface area contributed by atoms with E-state index in [1.807, 2.05) is 13.0 Å². The molecule has 98 valence electrons. The third kappa shape index (κ3) is 2.88. The molecule has 0 unspecified atom stereocenters. The van der Waals surface area contributed by atoms with Gasteiger partial charge in [0.1, 0.15) is 5.75 Å². The highest BCUT2D eigenvalue weighted by molar-refractivity contribution is 6.05. The van der Waals surface area contributed by atoms with E-state index in [4.69, 9.17) is 4.74 Å². The molecule has 19 heavy (non-hydrogen) atoms. The zero-order valence-corrected chi connectivity index (χ0v) is 10.6. The van der Waals surface area contributed by atoms with E-state index >= 15 is 0 Å². The van der Waals surface area contributed by atoms with E-state index in [0.717, 1.165) is 5.56 Å². The Kier molecular flexibility index (Phi) is 3.75. The van der Waals surface area contributed by atoms with Gasteiger partial charge in [-0.05, 0) is 36.8 Å². The number of rotatable bonds is 3. The number of pyridine rings is 1. The van der Waals surface area contributed by atoms with Gasteiger partial charge in [0.05, 0.1) is 18.4 Å². The van der Waals surface area contributed by atoms with E-state index in [0.29, 0.717) is 11.4 Å². The summed E-state index contributed by atoms with van der Waals surface area (Å²) < 4.78 is 18.5. The predicted molar refractivity (Wildman–Crippen MR) is 69.9 cm³/mol. The topological polar surface area (TPSA) is 51.2 Å². The van der Waals surface area contributed by atoms with Crippen LogP contribution in [0.5, 0.6) is 5.75 Å². The normalized spacial score (nSPS) is 10.1. The van der Waals surface area contributed by atoms with E-state index in [1.54, 1.807) is 12.1 Å². The van der Waals surface area contributed by atoms with Gasteiger partial charge in [-0.2, -0.15) is 4.39 Å². The number of hydrogen-bond donors (Lipinski definition) is 1. The molecule has 4 nitrogen and oxygen atoms in total. The number of halogens is 1. The monoisotopic (exact) mass is 260 g/mol. The number of hydrogen-bond acceptors (Lipinski definition) is 3. The molecule has 1 heterocycles. The standard InChI is InChI=1S/C14H13FN2O2/c1-9-5-6-12(19-2)11(8-9)17-14(18)10-4-3-7-16-13(10)15/h3-8H,1-2H3,(H,17,18). The lowest BCUT2D eigenvalue weighted by Gasteiger charge is -2.11. The molecule has 0 bridgehead atoms. The number of methoxy groups -OCH3 is 1. The van der Waals surface area contributed by atoms with Crippen LogP contribution in [0.15, 0.2) is 36.5 Å². The van der Waals surface area contributed by atoms with Crippen molar-refractivity contribution in [3.05, 3.63) is 53.6 Å². The number of anilines is 1. The van der Waals surface area contributed by atoms with Crippen LogP contribution in [0.3, 0.4) is 0 Å². The molecule has 0 atom stereocenters. The fourth-order valence-electron chi connectivity index (χ4n) is 1.66. The third-order valence-corrected chi connectivity index (χ3v) is 2.61. The highest BCUT2D eigenvalue weighted by Gasteiger charge is 2.14. The number of nitrogens with one attached hydrogen (secondary N) is 1. The van der Waals surface area contributed by atoms with Gasteiger partial charge in [0.15, 0.2) is 0 Å². The van der Waals surface area contributed by atoms with Crippen molar-refractivity contribution in [1.82, 2.24) is 4.98 Å². The minimum absolute atomic E-state index is 0.106.